The van der Waals surface area contributed by atoms with Crippen molar-refractivity contribution in [3.8, 4) is 0 Å². The maximum absolute atomic E-state index is 5.26. The summed E-state index contributed by atoms with van der Waals surface area (Å²) in [7, 11) is 3.42. The molecule has 3 aromatic rings. The third-order valence-electron chi connectivity index (χ3n) is 7.46. The number of methoxy groups -OCH3 is 2. The molecule has 0 aliphatic heterocycles. The van der Waals surface area contributed by atoms with Crippen LogP contribution in [0, 0.1) is 20.8 Å². The summed E-state index contributed by atoms with van der Waals surface area (Å²) in [5.74, 6) is -1.96. The fraction of sp³-hybridized carbons (Fsp3) is 0.412. The molecule has 204 valence electrons. The molecule has 38 heavy (non-hydrogen) atoms. The van der Waals surface area contributed by atoms with Crippen LogP contribution in [-0.4, -0.2) is 20.5 Å². The summed E-state index contributed by atoms with van der Waals surface area (Å²) in [5.41, 5.74) is 5.58. The van der Waals surface area contributed by atoms with E-state index in [1.807, 2.05) is 0 Å². The van der Waals surface area contributed by atoms with Crippen molar-refractivity contribution in [1.29, 1.82) is 0 Å². The molecule has 0 aliphatic carbocycles. The van der Waals surface area contributed by atoms with E-state index in [1.165, 1.54) is 57.4 Å². The molecule has 0 saturated carbocycles. The number of hydrogen-bond donors (Lipinski definition) is 0. The highest BCUT2D eigenvalue weighted by Crippen LogP contribution is 2.64. The van der Waals surface area contributed by atoms with Crippen LogP contribution in [-0.2, 0) is 15.9 Å². The second-order valence-electron chi connectivity index (χ2n) is 10.1. The molecule has 0 radical (unpaired) electrons. The molecule has 0 saturated heterocycles. The van der Waals surface area contributed by atoms with Crippen molar-refractivity contribution in [3.05, 3.63) is 101 Å². The summed E-state index contributed by atoms with van der Waals surface area (Å²) < 4.78 is 10.5. The summed E-state index contributed by atoms with van der Waals surface area (Å²) >= 11 is 4.43. The zero-order valence-electron chi connectivity index (χ0n) is 23.9. The average Bonchev–Trinajstić information content (AvgIpc) is 2.93. The molecule has 0 atom stereocenters. The van der Waals surface area contributed by atoms with Crippen molar-refractivity contribution in [1.82, 2.24) is 0 Å². The van der Waals surface area contributed by atoms with Crippen LogP contribution in [0.1, 0.15) is 67.2 Å². The largest absolute Gasteiger partial charge is 0.356 e. The second kappa shape index (κ2) is 15.7. The number of halogens is 1. The highest BCUT2D eigenvalue weighted by Gasteiger charge is 2.47. The Hall–Kier alpha value is -1.77. The fourth-order valence-electron chi connectivity index (χ4n) is 5.21. The molecule has 4 heteroatoms. The predicted octanol–water partition coefficient (Wildman–Crippen LogP) is 8.66. The molecule has 2 nitrogen and oxygen atoms in total. The zero-order valence-corrected chi connectivity index (χ0v) is 26.4. The number of ether oxygens (including phenoxy) is 2. The molecule has 0 unspecified atom stereocenters. The highest BCUT2D eigenvalue weighted by molar-refractivity contribution is 9.44. The topological polar surface area (TPSA) is 18.5 Å². The Morgan fingerprint density at radius 1 is 0.684 bits per heavy atom. The van der Waals surface area contributed by atoms with Gasteiger partial charge in [-0.25, -0.2) is 0 Å². The lowest BCUT2D eigenvalue weighted by Crippen LogP contribution is -2.31. The Labute approximate surface area is 239 Å². The van der Waals surface area contributed by atoms with Crippen molar-refractivity contribution in [2.45, 2.75) is 78.4 Å². The predicted molar refractivity (Wildman–Crippen MR) is 171 cm³/mol. The van der Waals surface area contributed by atoms with Crippen LogP contribution in [0.25, 0.3) is 0 Å². The average molecular weight is 597 g/mol. The van der Waals surface area contributed by atoms with E-state index in [4.69, 9.17) is 9.47 Å². The van der Waals surface area contributed by atoms with Crippen LogP contribution in [0.4, 0.5) is 0 Å². The lowest BCUT2D eigenvalue weighted by Gasteiger charge is -2.25. The smallest absolute Gasteiger partial charge is 0.181 e. The maximum atomic E-state index is 5.26. The van der Waals surface area contributed by atoms with E-state index in [-0.39, 0.29) is 6.29 Å². The molecule has 0 heterocycles. The fourth-order valence-corrected chi connectivity index (χ4v) is 12.1. The van der Waals surface area contributed by atoms with Gasteiger partial charge in [-0.2, -0.15) is 0 Å². The van der Waals surface area contributed by atoms with E-state index in [2.05, 4.69) is 115 Å². The van der Waals surface area contributed by atoms with Gasteiger partial charge in [-0.05, 0) is 106 Å². The maximum Gasteiger partial charge on any atom is 0.181 e. The second-order valence-corrected chi connectivity index (χ2v) is 15.9. The Balaban J connectivity index is 1.67. The van der Waals surface area contributed by atoms with Gasteiger partial charge in [-0.15, -0.1) is 0 Å². The first-order valence-electron chi connectivity index (χ1n) is 13.9. The van der Waals surface area contributed by atoms with Crippen LogP contribution < -0.4 is 15.9 Å². The Morgan fingerprint density at radius 2 is 1.24 bits per heavy atom. The van der Waals surface area contributed by atoms with Crippen molar-refractivity contribution in [3.63, 3.8) is 0 Å². The van der Waals surface area contributed by atoms with Gasteiger partial charge in [0.05, 0.1) is 0 Å². The molecule has 3 rings (SSSR count). The molecule has 0 aromatic heterocycles. The van der Waals surface area contributed by atoms with Crippen LogP contribution in [0.2, 0.25) is 0 Å². The van der Waals surface area contributed by atoms with Gasteiger partial charge in [0.1, 0.15) is 15.9 Å². The molecule has 0 fully saturated rings. The lowest BCUT2D eigenvalue weighted by molar-refractivity contribution is -0.107. The molecule has 0 aliphatic rings. The van der Waals surface area contributed by atoms with E-state index in [0.29, 0.717) is 0 Å². The van der Waals surface area contributed by atoms with E-state index < -0.39 is 5.96 Å². The van der Waals surface area contributed by atoms with Crippen molar-refractivity contribution < 1.29 is 9.47 Å². The molecule has 0 spiro atoms. The normalized spacial score (nSPS) is 12.1. The van der Waals surface area contributed by atoms with Crippen LogP contribution in [0.15, 0.2) is 78.9 Å². The van der Waals surface area contributed by atoms with E-state index in [9.17, 15) is 0 Å². The van der Waals surface area contributed by atoms with Crippen molar-refractivity contribution in [2.24, 2.45) is 0 Å². The van der Waals surface area contributed by atoms with Crippen molar-refractivity contribution >= 4 is 37.4 Å². The Bertz CT molecular complexity index is 1120. The summed E-state index contributed by atoms with van der Waals surface area (Å²) in [6, 6.07) is 24.7. The van der Waals surface area contributed by atoms with Crippen molar-refractivity contribution in [2.75, 3.05) is 14.2 Å². The molecule has 0 N–H and O–H groups in total. The molecular formula is C34H45BrO2P+. The molecular weight excluding hydrogens is 551 g/mol. The summed E-state index contributed by atoms with van der Waals surface area (Å²) in [6.45, 7) is 6.81. The number of unbranched alkanes of at least 4 members (excludes halogenated alkanes) is 4. The Kier molecular flexibility index (Phi) is 12.7. The van der Waals surface area contributed by atoms with Gasteiger partial charge < -0.3 is 9.47 Å². The summed E-state index contributed by atoms with van der Waals surface area (Å²) in [5, 5.41) is 4.27. The van der Waals surface area contributed by atoms with Crippen LogP contribution in [0.5, 0.6) is 0 Å². The number of allylic oxidation sites excluding steroid dienone is 2. The van der Waals surface area contributed by atoms with E-state index >= 15 is 0 Å². The monoisotopic (exact) mass is 595 g/mol. The summed E-state index contributed by atoms with van der Waals surface area (Å²) in [4.78, 5) is 0. The minimum Gasteiger partial charge on any atom is -0.356 e. The number of aryl methyl sites for hydroxylation is 3. The van der Waals surface area contributed by atoms with E-state index in [1.54, 1.807) is 14.2 Å². The van der Waals surface area contributed by atoms with Gasteiger partial charge in [0.25, 0.3) is 0 Å². The minimum absolute atomic E-state index is 0.0576. The molecule has 0 bridgehead atoms. The SMILES string of the molecule is COC(CCCCC/C=C\CCCc1cccc([P+](Br)(c2ccccc2C)c2ccccc2C)c1C)OC. The third kappa shape index (κ3) is 7.89. The van der Waals surface area contributed by atoms with Gasteiger partial charge >= 0.3 is 0 Å². The van der Waals surface area contributed by atoms with Gasteiger partial charge in [0.15, 0.2) is 27.7 Å². The standard InChI is InChI=1S/C34H45BrO2P/c1-27-19-14-16-23-31(27)38(35,32-24-17-15-20-28(32)2)33-25-18-22-30(29(33)3)21-12-10-8-6-7-9-11-13-26-34(36-4)37-5/h6,8,14-20,22-25,34H,7,9-13,21,26H2,1-5H3/q+1/b8-6-. The molecule has 0 amide bonds. The number of hydrogen-bond acceptors (Lipinski definition) is 2. The first-order chi connectivity index (χ1) is 18.4. The highest BCUT2D eigenvalue weighted by atomic mass is 79.9. The van der Waals surface area contributed by atoms with Gasteiger partial charge in [0, 0.05) is 14.2 Å². The van der Waals surface area contributed by atoms with E-state index in [0.717, 1.165) is 32.1 Å². The van der Waals surface area contributed by atoms with Crippen LogP contribution in [0.3, 0.4) is 0 Å². The zero-order chi connectivity index (χ0) is 27.4. The molecule has 3 aromatic carbocycles. The number of benzene rings is 3. The van der Waals surface area contributed by atoms with Gasteiger partial charge in [-0.1, -0.05) is 67.1 Å². The van der Waals surface area contributed by atoms with Gasteiger partial charge in [-0.3, -0.25) is 0 Å². The first kappa shape index (κ1) is 30.8. The Morgan fingerprint density at radius 3 is 1.82 bits per heavy atom. The lowest BCUT2D eigenvalue weighted by atomic mass is 10.0. The quantitative estimate of drug-likeness (QED) is 0.0757. The van der Waals surface area contributed by atoms with Crippen LogP contribution >= 0.6 is 21.5 Å². The first-order valence-corrected chi connectivity index (χ1v) is 17.7. The number of rotatable bonds is 15. The summed E-state index contributed by atoms with van der Waals surface area (Å²) in [6.07, 6.45) is 13.8. The minimum atomic E-state index is -1.96. The van der Waals surface area contributed by atoms with Gasteiger partial charge in [0.2, 0.25) is 0 Å². The third-order valence-corrected chi connectivity index (χ3v) is 14.4.